The summed E-state index contributed by atoms with van der Waals surface area (Å²) >= 11 is 0. The molecule has 1 atom stereocenters. The number of nitrogens with zero attached hydrogens (tertiary/aromatic N) is 1. The van der Waals surface area contributed by atoms with Gasteiger partial charge in [0.05, 0.1) is 10.5 Å². The van der Waals surface area contributed by atoms with Crippen LogP contribution in [0.1, 0.15) is 49.5 Å². The van der Waals surface area contributed by atoms with Gasteiger partial charge in [0.25, 0.3) is 0 Å². The zero-order chi connectivity index (χ0) is 16.2. The zero-order valence-corrected chi connectivity index (χ0v) is 13.8. The van der Waals surface area contributed by atoms with Gasteiger partial charge in [-0.15, -0.1) is 0 Å². The van der Waals surface area contributed by atoms with Crippen LogP contribution in [0.5, 0.6) is 0 Å². The molecule has 1 aromatic carbocycles. The van der Waals surface area contributed by atoms with Crippen LogP contribution in [0.3, 0.4) is 0 Å². The van der Waals surface area contributed by atoms with Crippen molar-refractivity contribution in [3.63, 3.8) is 0 Å². The fraction of sp³-hybridized carbons (Fsp3) is 0.533. The molecule has 0 aliphatic heterocycles. The summed E-state index contributed by atoms with van der Waals surface area (Å²) in [6.45, 7) is 5.71. The Kier molecular flexibility index (Phi) is 5.92. The van der Waals surface area contributed by atoms with Gasteiger partial charge in [-0.25, -0.2) is 13.2 Å². The lowest BCUT2D eigenvalue weighted by molar-refractivity contribution is 0.0696. The first-order valence-corrected chi connectivity index (χ1v) is 8.53. The van der Waals surface area contributed by atoms with Crippen molar-refractivity contribution < 1.29 is 18.3 Å². The SMILES string of the molecule is CCCC(C)N(C)S(=O)(=O)c1cc(C(=O)O)ccc1CC. The summed E-state index contributed by atoms with van der Waals surface area (Å²) in [5.74, 6) is -1.13. The van der Waals surface area contributed by atoms with E-state index in [0.717, 1.165) is 12.8 Å². The second kappa shape index (κ2) is 7.04. The minimum Gasteiger partial charge on any atom is -0.478 e. The van der Waals surface area contributed by atoms with Crippen LogP contribution >= 0.6 is 0 Å². The van der Waals surface area contributed by atoms with Crippen LogP contribution in [-0.4, -0.2) is 36.9 Å². The Balaban J connectivity index is 3.35. The molecule has 0 amide bonds. The van der Waals surface area contributed by atoms with Crippen molar-refractivity contribution in [2.24, 2.45) is 0 Å². The topological polar surface area (TPSA) is 74.7 Å². The number of benzene rings is 1. The molecule has 0 fully saturated rings. The molecule has 1 rings (SSSR count). The first-order chi connectivity index (χ1) is 9.75. The smallest absolute Gasteiger partial charge is 0.335 e. The average molecular weight is 313 g/mol. The Labute approximate surface area is 126 Å². The van der Waals surface area contributed by atoms with E-state index in [1.54, 1.807) is 13.1 Å². The molecule has 1 aromatic rings. The highest BCUT2D eigenvalue weighted by atomic mass is 32.2. The molecular formula is C15H23NO4S. The van der Waals surface area contributed by atoms with E-state index < -0.39 is 16.0 Å². The second-order valence-corrected chi connectivity index (χ2v) is 7.11. The van der Waals surface area contributed by atoms with Gasteiger partial charge in [0.1, 0.15) is 0 Å². The molecule has 21 heavy (non-hydrogen) atoms. The van der Waals surface area contributed by atoms with Crippen LogP contribution in [0.15, 0.2) is 23.1 Å². The molecule has 0 radical (unpaired) electrons. The Morgan fingerprint density at radius 2 is 1.95 bits per heavy atom. The number of carboxylic acid groups (broad SMARTS) is 1. The number of aryl methyl sites for hydroxylation is 1. The summed E-state index contributed by atoms with van der Waals surface area (Å²) in [6.07, 6.45) is 2.18. The van der Waals surface area contributed by atoms with Gasteiger partial charge in [0, 0.05) is 13.1 Å². The molecule has 0 aromatic heterocycles. The molecular weight excluding hydrogens is 290 g/mol. The van der Waals surface area contributed by atoms with E-state index in [0.29, 0.717) is 12.0 Å². The maximum Gasteiger partial charge on any atom is 0.335 e. The molecule has 0 spiro atoms. The van der Waals surface area contributed by atoms with E-state index >= 15 is 0 Å². The minimum atomic E-state index is -3.69. The molecule has 118 valence electrons. The Hall–Kier alpha value is -1.40. The lowest BCUT2D eigenvalue weighted by atomic mass is 10.1. The van der Waals surface area contributed by atoms with Crippen LogP contribution in [0.2, 0.25) is 0 Å². The largest absolute Gasteiger partial charge is 0.478 e. The van der Waals surface area contributed by atoms with Crippen molar-refractivity contribution in [1.82, 2.24) is 4.31 Å². The van der Waals surface area contributed by atoms with Crippen LogP contribution in [0.4, 0.5) is 0 Å². The molecule has 0 saturated heterocycles. The molecule has 0 heterocycles. The van der Waals surface area contributed by atoms with Crippen molar-refractivity contribution in [3.8, 4) is 0 Å². The lowest BCUT2D eigenvalue weighted by Crippen LogP contribution is -2.35. The molecule has 0 aliphatic rings. The molecule has 1 N–H and O–H groups in total. The third-order valence-electron chi connectivity index (χ3n) is 3.68. The van der Waals surface area contributed by atoms with Crippen molar-refractivity contribution in [2.45, 2.75) is 51.0 Å². The molecule has 0 aliphatic carbocycles. The maximum absolute atomic E-state index is 12.7. The normalized spacial score (nSPS) is 13.4. The van der Waals surface area contributed by atoms with Gasteiger partial charge in [-0.1, -0.05) is 26.3 Å². The van der Waals surface area contributed by atoms with Gasteiger partial charge in [0.2, 0.25) is 10.0 Å². The number of carboxylic acids is 1. The number of aromatic carboxylic acids is 1. The zero-order valence-electron chi connectivity index (χ0n) is 13.0. The monoisotopic (exact) mass is 313 g/mol. The van der Waals surface area contributed by atoms with E-state index in [-0.39, 0.29) is 16.5 Å². The molecule has 0 bridgehead atoms. The summed E-state index contributed by atoms with van der Waals surface area (Å²) in [7, 11) is -2.15. The van der Waals surface area contributed by atoms with Crippen molar-refractivity contribution in [3.05, 3.63) is 29.3 Å². The van der Waals surface area contributed by atoms with Crippen LogP contribution in [0.25, 0.3) is 0 Å². The fourth-order valence-electron chi connectivity index (χ4n) is 2.21. The number of sulfonamides is 1. The number of carbonyl (C=O) groups is 1. The van der Waals surface area contributed by atoms with Gasteiger partial charge >= 0.3 is 5.97 Å². The first-order valence-electron chi connectivity index (χ1n) is 7.09. The highest BCUT2D eigenvalue weighted by Gasteiger charge is 2.27. The van der Waals surface area contributed by atoms with E-state index in [9.17, 15) is 13.2 Å². The fourth-order valence-corrected chi connectivity index (χ4v) is 3.92. The van der Waals surface area contributed by atoms with Crippen molar-refractivity contribution >= 4 is 16.0 Å². The summed E-state index contributed by atoms with van der Waals surface area (Å²) in [5, 5.41) is 9.06. The van der Waals surface area contributed by atoms with Crippen LogP contribution in [0, 0.1) is 0 Å². The molecule has 5 nitrogen and oxygen atoms in total. The standard InChI is InChI=1S/C15H23NO4S/c1-5-7-11(3)16(4)21(19,20)14-10-13(15(17)18)9-8-12(14)6-2/h8-11H,5-7H2,1-4H3,(H,17,18). The molecule has 1 unspecified atom stereocenters. The van der Waals surface area contributed by atoms with Crippen molar-refractivity contribution in [2.75, 3.05) is 7.05 Å². The van der Waals surface area contributed by atoms with Gasteiger partial charge in [0.15, 0.2) is 0 Å². The first kappa shape index (κ1) is 17.7. The summed E-state index contributed by atoms with van der Waals surface area (Å²) in [6, 6.07) is 4.15. The van der Waals surface area contributed by atoms with E-state index in [2.05, 4.69) is 0 Å². The second-order valence-electron chi connectivity index (χ2n) is 5.14. The van der Waals surface area contributed by atoms with E-state index in [1.165, 1.54) is 16.4 Å². The van der Waals surface area contributed by atoms with Crippen LogP contribution < -0.4 is 0 Å². The average Bonchev–Trinajstić information content (AvgIpc) is 2.45. The van der Waals surface area contributed by atoms with E-state index in [4.69, 9.17) is 5.11 Å². The summed E-state index contributed by atoms with van der Waals surface area (Å²) in [5.41, 5.74) is 0.623. The quantitative estimate of drug-likeness (QED) is 0.840. The van der Waals surface area contributed by atoms with Crippen LogP contribution in [-0.2, 0) is 16.4 Å². The Bertz CT molecular complexity index is 610. The van der Waals surface area contributed by atoms with E-state index in [1.807, 2.05) is 20.8 Å². The highest BCUT2D eigenvalue weighted by Crippen LogP contribution is 2.24. The number of hydrogen-bond acceptors (Lipinski definition) is 3. The molecule has 0 saturated carbocycles. The Morgan fingerprint density at radius 3 is 2.43 bits per heavy atom. The summed E-state index contributed by atoms with van der Waals surface area (Å²) < 4.78 is 26.8. The number of hydrogen-bond donors (Lipinski definition) is 1. The minimum absolute atomic E-state index is 0.0117. The predicted molar refractivity (Wildman–Crippen MR) is 82.1 cm³/mol. The third-order valence-corrected chi connectivity index (χ3v) is 5.73. The van der Waals surface area contributed by atoms with Gasteiger partial charge in [-0.05, 0) is 37.5 Å². The highest BCUT2D eigenvalue weighted by molar-refractivity contribution is 7.89. The predicted octanol–water partition coefficient (Wildman–Crippen LogP) is 2.76. The maximum atomic E-state index is 12.7. The molecule has 6 heteroatoms. The van der Waals surface area contributed by atoms with Gasteiger partial charge < -0.3 is 5.11 Å². The van der Waals surface area contributed by atoms with Crippen molar-refractivity contribution in [1.29, 1.82) is 0 Å². The van der Waals surface area contributed by atoms with Gasteiger partial charge in [-0.2, -0.15) is 4.31 Å². The van der Waals surface area contributed by atoms with Gasteiger partial charge in [-0.3, -0.25) is 0 Å². The number of rotatable bonds is 7. The Morgan fingerprint density at radius 1 is 1.33 bits per heavy atom. The third kappa shape index (κ3) is 3.83. The lowest BCUT2D eigenvalue weighted by Gasteiger charge is -2.25. The summed E-state index contributed by atoms with van der Waals surface area (Å²) in [4.78, 5) is 11.2.